The molecule has 0 saturated carbocycles. The third-order valence-electron chi connectivity index (χ3n) is 4.31. The molecule has 6 heteroatoms. The monoisotopic (exact) mass is 338 g/mol. The second kappa shape index (κ2) is 8.64. The standard InChI is InChI=1S/C17H27ClN4O/c1-4-22(12(2)3)9-8-19-17(23)16-11-15(20-21-16)13-6-5-7-14(18)10-13/h5-7,10,12,15-16,20-21H,4,8-9,11H2,1-3H3,(H,19,23). The fourth-order valence-electron chi connectivity index (χ4n) is 2.90. The highest BCUT2D eigenvalue weighted by Gasteiger charge is 2.30. The van der Waals surface area contributed by atoms with Crippen molar-refractivity contribution < 1.29 is 4.79 Å². The highest BCUT2D eigenvalue weighted by molar-refractivity contribution is 6.30. The molecule has 2 rings (SSSR count). The van der Waals surface area contributed by atoms with Gasteiger partial charge in [-0.1, -0.05) is 30.7 Å². The van der Waals surface area contributed by atoms with E-state index in [1.807, 2.05) is 24.3 Å². The number of rotatable bonds is 7. The number of hydrogen-bond donors (Lipinski definition) is 3. The zero-order chi connectivity index (χ0) is 16.8. The van der Waals surface area contributed by atoms with E-state index in [2.05, 4.69) is 41.8 Å². The second-order valence-corrected chi connectivity index (χ2v) is 6.63. The SMILES string of the molecule is CCN(CCNC(=O)C1CC(c2cccc(Cl)c2)NN1)C(C)C. The summed E-state index contributed by atoms with van der Waals surface area (Å²) in [5.41, 5.74) is 7.36. The van der Waals surface area contributed by atoms with Crippen LogP contribution in [0.15, 0.2) is 24.3 Å². The van der Waals surface area contributed by atoms with Crippen molar-refractivity contribution in [3.05, 3.63) is 34.9 Å². The average Bonchev–Trinajstić information content (AvgIpc) is 3.01. The molecular weight excluding hydrogens is 312 g/mol. The van der Waals surface area contributed by atoms with E-state index in [0.717, 1.165) is 18.7 Å². The molecule has 1 aliphatic rings. The van der Waals surface area contributed by atoms with Crippen molar-refractivity contribution in [2.75, 3.05) is 19.6 Å². The van der Waals surface area contributed by atoms with E-state index in [4.69, 9.17) is 11.6 Å². The Hall–Kier alpha value is -1.14. The molecule has 1 aromatic rings. The van der Waals surface area contributed by atoms with E-state index in [1.54, 1.807) is 0 Å². The average molecular weight is 339 g/mol. The molecule has 3 N–H and O–H groups in total. The van der Waals surface area contributed by atoms with E-state index in [9.17, 15) is 4.79 Å². The Bertz CT molecular complexity index is 523. The first-order valence-corrected chi connectivity index (χ1v) is 8.67. The van der Waals surface area contributed by atoms with E-state index >= 15 is 0 Å². The van der Waals surface area contributed by atoms with Crippen LogP contribution in [0.5, 0.6) is 0 Å². The minimum absolute atomic E-state index is 0.0434. The molecule has 1 fully saturated rings. The number of halogens is 1. The van der Waals surface area contributed by atoms with Gasteiger partial charge in [-0.25, -0.2) is 10.9 Å². The number of amides is 1. The first-order chi connectivity index (χ1) is 11.0. The molecule has 1 aliphatic heterocycles. The summed E-state index contributed by atoms with van der Waals surface area (Å²) in [4.78, 5) is 14.6. The first-order valence-electron chi connectivity index (χ1n) is 8.29. The Morgan fingerprint density at radius 2 is 2.22 bits per heavy atom. The van der Waals surface area contributed by atoms with Gasteiger partial charge >= 0.3 is 0 Å². The number of nitrogens with zero attached hydrogens (tertiary/aromatic N) is 1. The van der Waals surface area contributed by atoms with Crippen LogP contribution >= 0.6 is 11.6 Å². The van der Waals surface area contributed by atoms with E-state index in [-0.39, 0.29) is 18.0 Å². The van der Waals surface area contributed by atoms with Gasteiger partial charge in [-0.3, -0.25) is 9.69 Å². The predicted octanol–water partition coefficient (Wildman–Crippen LogP) is 2.09. The lowest BCUT2D eigenvalue weighted by Gasteiger charge is -2.24. The topological polar surface area (TPSA) is 56.4 Å². The Morgan fingerprint density at radius 1 is 1.43 bits per heavy atom. The van der Waals surface area contributed by atoms with Crippen LogP contribution in [0.25, 0.3) is 0 Å². The van der Waals surface area contributed by atoms with Crippen LogP contribution in [-0.4, -0.2) is 42.5 Å². The van der Waals surface area contributed by atoms with Crippen molar-refractivity contribution in [3.63, 3.8) is 0 Å². The lowest BCUT2D eigenvalue weighted by molar-refractivity contribution is -0.122. The maximum Gasteiger partial charge on any atom is 0.238 e. The molecule has 0 aliphatic carbocycles. The van der Waals surface area contributed by atoms with Gasteiger partial charge in [-0.15, -0.1) is 0 Å². The Balaban J connectivity index is 1.79. The van der Waals surface area contributed by atoms with Crippen molar-refractivity contribution in [2.45, 2.75) is 45.3 Å². The smallest absolute Gasteiger partial charge is 0.238 e. The van der Waals surface area contributed by atoms with Crippen LogP contribution in [0.3, 0.4) is 0 Å². The van der Waals surface area contributed by atoms with Gasteiger partial charge in [-0.05, 0) is 44.5 Å². The molecule has 0 bridgehead atoms. The molecule has 1 heterocycles. The lowest BCUT2D eigenvalue weighted by Crippen LogP contribution is -2.46. The normalized spacial score (nSPS) is 21.1. The summed E-state index contributed by atoms with van der Waals surface area (Å²) in [7, 11) is 0. The molecule has 2 unspecified atom stereocenters. The fraction of sp³-hybridized carbons (Fsp3) is 0.588. The number of carbonyl (C=O) groups is 1. The number of hydrogen-bond acceptors (Lipinski definition) is 4. The quantitative estimate of drug-likeness (QED) is 0.712. The maximum atomic E-state index is 12.3. The minimum atomic E-state index is -0.215. The lowest BCUT2D eigenvalue weighted by atomic mass is 10.0. The molecule has 1 saturated heterocycles. The predicted molar refractivity (Wildman–Crippen MR) is 94.3 cm³/mol. The molecule has 1 amide bonds. The summed E-state index contributed by atoms with van der Waals surface area (Å²) in [6.45, 7) is 9.02. The zero-order valence-electron chi connectivity index (χ0n) is 14.1. The number of carbonyl (C=O) groups excluding carboxylic acids is 1. The van der Waals surface area contributed by atoms with Crippen molar-refractivity contribution in [1.29, 1.82) is 0 Å². The van der Waals surface area contributed by atoms with Crippen molar-refractivity contribution in [2.24, 2.45) is 0 Å². The summed E-state index contributed by atoms with van der Waals surface area (Å²) in [5.74, 6) is 0.0434. The van der Waals surface area contributed by atoms with Crippen LogP contribution in [0.4, 0.5) is 0 Å². The van der Waals surface area contributed by atoms with Gasteiger partial charge in [0.05, 0.1) is 0 Å². The second-order valence-electron chi connectivity index (χ2n) is 6.20. The third kappa shape index (κ3) is 5.18. The highest BCUT2D eigenvalue weighted by Crippen LogP contribution is 2.24. The minimum Gasteiger partial charge on any atom is -0.353 e. The number of nitrogens with one attached hydrogen (secondary N) is 3. The Morgan fingerprint density at radius 3 is 2.87 bits per heavy atom. The van der Waals surface area contributed by atoms with E-state index in [1.165, 1.54) is 0 Å². The van der Waals surface area contributed by atoms with Crippen LogP contribution in [0.1, 0.15) is 38.8 Å². The first kappa shape index (κ1) is 18.2. The molecule has 5 nitrogen and oxygen atoms in total. The number of hydrazine groups is 1. The molecule has 128 valence electrons. The molecule has 0 aromatic heterocycles. The van der Waals surface area contributed by atoms with Gasteiger partial charge in [0.25, 0.3) is 0 Å². The zero-order valence-corrected chi connectivity index (χ0v) is 14.9. The highest BCUT2D eigenvalue weighted by atomic mass is 35.5. The van der Waals surface area contributed by atoms with Gasteiger partial charge in [-0.2, -0.15) is 0 Å². The maximum absolute atomic E-state index is 12.3. The number of benzene rings is 1. The third-order valence-corrected chi connectivity index (χ3v) is 4.54. The van der Waals surface area contributed by atoms with Crippen LogP contribution in [-0.2, 0) is 4.79 Å². The van der Waals surface area contributed by atoms with Crippen LogP contribution in [0.2, 0.25) is 5.02 Å². The molecule has 1 aromatic carbocycles. The van der Waals surface area contributed by atoms with Crippen LogP contribution < -0.4 is 16.2 Å². The summed E-state index contributed by atoms with van der Waals surface area (Å²) in [6, 6.07) is 8.12. The van der Waals surface area contributed by atoms with Crippen molar-refractivity contribution in [3.8, 4) is 0 Å². The summed E-state index contributed by atoms with van der Waals surface area (Å²) in [5, 5.41) is 3.73. The van der Waals surface area contributed by atoms with Gasteiger partial charge in [0.2, 0.25) is 5.91 Å². The Labute approximate surface area is 143 Å². The van der Waals surface area contributed by atoms with Gasteiger partial charge in [0, 0.05) is 30.2 Å². The molecule has 0 radical (unpaired) electrons. The van der Waals surface area contributed by atoms with E-state index in [0.29, 0.717) is 24.0 Å². The number of likely N-dealkylation sites (N-methyl/N-ethyl adjacent to an activating group) is 1. The Kier molecular flexibility index (Phi) is 6.84. The van der Waals surface area contributed by atoms with Gasteiger partial charge < -0.3 is 5.32 Å². The molecular formula is C17H27ClN4O. The largest absolute Gasteiger partial charge is 0.353 e. The van der Waals surface area contributed by atoms with Crippen molar-refractivity contribution >= 4 is 17.5 Å². The summed E-state index contributed by atoms with van der Waals surface area (Å²) >= 11 is 6.03. The van der Waals surface area contributed by atoms with E-state index < -0.39 is 0 Å². The van der Waals surface area contributed by atoms with Gasteiger partial charge in [0.15, 0.2) is 0 Å². The molecule has 0 spiro atoms. The summed E-state index contributed by atoms with van der Waals surface area (Å²) in [6.07, 6.45) is 0.716. The summed E-state index contributed by atoms with van der Waals surface area (Å²) < 4.78 is 0. The fourth-order valence-corrected chi connectivity index (χ4v) is 3.10. The van der Waals surface area contributed by atoms with Crippen LogP contribution in [0, 0.1) is 0 Å². The van der Waals surface area contributed by atoms with Gasteiger partial charge in [0.1, 0.15) is 6.04 Å². The molecule has 23 heavy (non-hydrogen) atoms. The van der Waals surface area contributed by atoms with Crippen molar-refractivity contribution in [1.82, 2.24) is 21.1 Å². The molecule has 2 atom stereocenters.